The lowest BCUT2D eigenvalue weighted by Crippen LogP contribution is -2.15. The molecule has 0 atom stereocenters. The summed E-state index contributed by atoms with van der Waals surface area (Å²) >= 11 is 0. The molecular formula is C13H13N3O2. The first kappa shape index (κ1) is 11.9. The van der Waals surface area contributed by atoms with Crippen LogP contribution in [0.3, 0.4) is 0 Å². The average Bonchev–Trinajstić information content (AvgIpc) is 2.34. The Hall–Kier alpha value is -2.56. The minimum absolute atomic E-state index is 0.249. The van der Waals surface area contributed by atoms with Gasteiger partial charge in [-0.2, -0.15) is 0 Å². The van der Waals surface area contributed by atoms with Crippen LogP contribution in [0.25, 0.3) is 0 Å². The minimum Gasteiger partial charge on any atom is -0.397 e. The Morgan fingerprint density at radius 1 is 1.28 bits per heavy atom. The van der Waals surface area contributed by atoms with Crippen LogP contribution in [0, 0.1) is 6.92 Å². The molecule has 0 spiro atoms. The Balaban J connectivity index is 2.23. The van der Waals surface area contributed by atoms with Crippen molar-refractivity contribution in [2.75, 3.05) is 11.1 Å². The van der Waals surface area contributed by atoms with Gasteiger partial charge in [0.25, 0.3) is 5.91 Å². The molecule has 0 aliphatic carbocycles. The molecule has 1 aromatic carbocycles. The molecule has 2 aromatic rings. The molecule has 0 saturated heterocycles. The van der Waals surface area contributed by atoms with Crippen molar-refractivity contribution >= 4 is 17.3 Å². The number of hydrogen-bond donors (Lipinski definition) is 3. The summed E-state index contributed by atoms with van der Waals surface area (Å²) in [4.78, 5) is 25.2. The van der Waals surface area contributed by atoms with Crippen LogP contribution in [-0.2, 0) is 0 Å². The van der Waals surface area contributed by atoms with Gasteiger partial charge in [0.1, 0.15) is 0 Å². The fourth-order valence-electron chi connectivity index (χ4n) is 1.52. The summed E-state index contributed by atoms with van der Waals surface area (Å²) < 4.78 is 0. The van der Waals surface area contributed by atoms with E-state index < -0.39 is 0 Å². The number of aryl methyl sites for hydroxylation is 1. The highest BCUT2D eigenvalue weighted by atomic mass is 16.1. The second-order valence-corrected chi connectivity index (χ2v) is 3.99. The van der Waals surface area contributed by atoms with Crippen molar-refractivity contribution in [3.63, 3.8) is 0 Å². The van der Waals surface area contributed by atoms with E-state index in [1.165, 1.54) is 18.3 Å². The van der Waals surface area contributed by atoms with Gasteiger partial charge < -0.3 is 16.0 Å². The number of amides is 1. The van der Waals surface area contributed by atoms with Crippen LogP contribution in [0.5, 0.6) is 0 Å². The highest BCUT2D eigenvalue weighted by Gasteiger charge is 2.08. The standard InChI is InChI=1S/C13H13N3O2/c1-8-2-4-10(14)11(6-8)16-13(18)9-3-5-12(17)15-7-9/h2-7H,14H2,1H3,(H,15,17)(H,16,18). The van der Waals surface area contributed by atoms with E-state index in [1.54, 1.807) is 12.1 Å². The maximum atomic E-state index is 11.9. The highest BCUT2D eigenvalue weighted by molar-refractivity contribution is 6.05. The van der Waals surface area contributed by atoms with Gasteiger partial charge in [0.2, 0.25) is 5.56 Å². The molecule has 0 fully saturated rings. The SMILES string of the molecule is Cc1ccc(N)c(NC(=O)c2ccc(=O)[nH]c2)c1. The number of aromatic amines is 1. The Morgan fingerprint density at radius 3 is 2.72 bits per heavy atom. The minimum atomic E-state index is -0.316. The van der Waals surface area contributed by atoms with E-state index in [4.69, 9.17) is 5.73 Å². The van der Waals surface area contributed by atoms with Gasteiger partial charge in [0.05, 0.1) is 16.9 Å². The van der Waals surface area contributed by atoms with Crippen molar-refractivity contribution in [2.24, 2.45) is 0 Å². The summed E-state index contributed by atoms with van der Waals surface area (Å²) in [7, 11) is 0. The molecule has 0 bridgehead atoms. The molecule has 0 radical (unpaired) electrons. The number of hydrogen-bond acceptors (Lipinski definition) is 3. The van der Waals surface area contributed by atoms with E-state index >= 15 is 0 Å². The second-order valence-electron chi connectivity index (χ2n) is 3.99. The smallest absolute Gasteiger partial charge is 0.257 e. The van der Waals surface area contributed by atoms with Crippen molar-refractivity contribution in [3.05, 3.63) is 58.0 Å². The zero-order chi connectivity index (χ0) is 13.1. The largest absolute Gasteiger partial charge is 0.397 e. The number of rotatable bonds is 2. The number of nitrogens with two attached hydrogens (primary N) is 1. The Morgan fingerprint density at radius 2 is 2.06 bits per heavy atom. The van der Waals surface area contributed by atoms with Crippen molar-refractivity contribution in [3.8, 4) is 0 Å². The molecule has 0 aliphatic rings. The second kappa shape index (κ2) is 4.75. The van der Waals surface area contributed by atoms with Gasteiger partial charge in [-0.1, -0.05) is 6.07 Å². The molecular weight excluding hydrogens is 230 g/mol. The number of aromatic nitrogens is 1. The van der Waals surface area contributed by atoms with Gasteiger partial charge >= 0.3 is 0 Å². The van der Waals surface area contributed by atoms with E-state index in [0.717, 1.165) is 5.56 Å². The number of benzene rings is 1. The topological polar surface area (TPSA) is 88.0 Å². The normalized spacial score (nSPS) is 10.1. The molecule has 2 rings (SSSR count). The van der Waals surface area contributed by atoms with Crippen molar-refractivity contribution in [1.29, 1.82) is 0 Å². The molecule has 0 aliphatic heterocycles. The number of carbonyl (C=O) groups excluding carboxylic acids is 1. The third kappa shape index (κ3) is 2.57. The van der Waals surface area contributed by atoms with E-state index in [1.807, 2.05) is 13.0 Å². The molecule has 1 heterocycles. The van der Waals surface area contributed by atoms with Crippen molar-refractivity contribution < 1.29 is 4.79 Å². The van der Waals surface area contributed by atoms with E-state index in [0.29, 0.717) is 16.9 Å². The van der Waals surface area contributed by atoms with Crippen LogP contribution in [0.2, 0.25) is 0 Å². The van der Waals surface area contributed by atoms with Crippen LogP contribution >= 0.6 is 0 Å². The number of carbonyl (C=O) groups is 1. The maximum absolute atomic E-state index is 11.9. The highest BCUT2D eigenvalue weighted by Crippen LogP contribution is 2.20. The first-order valence-electron chi connectivity index (χ1n) is 5.42. The Kier molecular flexibility index (Phi) is 3.14. The molecule has 1 aromatic heterocycles. The zero-order valence-electron chi connectivity index (χ0n) is 9.86. The summed E-state index contributed by atoms with van der Waals surface area (Å²) in [5, 5.41) is 2.70. The number of pyridine rings is 1. The van der Waals surface area contributed by atoms with Crippen molar-refractivity contribution in [2.45, 2.75) is 6.92 Å². The first-order chi connectivity index (χ1) is 8.56. The Labute approximate surface area is 104 Å². The quantitative estimate of drug-likeness (QED) is 0.699. The van der Waals surface area contributed by atoms with Gasteiger partial charge in [-0.05, 0) is 30.7 Å². The first-order valence-corrected chi connectivity index (χ1v) is 5.42. The van der Waals surface area contributed by atoms with Crippen molar-refractivity contribution in [1.82, 2.24) is 4.98 Å². The average molecular weight is 243 g/mol. The summed E-state index contributed by atoms with van der Waals surface area (Å²) in [6.45, 7) is 1.91. The van der Waals surface area contributed by atoms with E-state index in [9.17, 15) is 9.59 Å². The molecule has 0 saturated carbocycles. The predicted octanol–water partition coefficient (Wildman–Crippen LogP) is 1.52. The number of nitrogen functional groups attached to an aromatic ring is 1. The van der Waals surface area contributed by atoms with E-state index in [2.05, 4.69) is 10.3 Å². The predicted molar refractivity (Wildman–Crippen MR) is 70.6 cm³/mol. The lowest BCUT2D eigenvalue weighted by molar-refractivity contribution is 0.102. The Bertz CT molecular complexity index is 626. The van der Waals surface area contributed by atoms with Crippen LogP contribution in [0.4, 0.5) is 11.4 Å². The fraction of sp³-hybridized carbons (Fsp3) is 0.0769. The van der Waals surface area contributed by atoms with Crippen LogP contribution in [0.15, 0.2) is 41.3 Å². The zero-order valence-corrected chi connectivity index (χ0v) is 9.86. The maximum Gasteiger partial charge on any atom is 0.257 e. The molecule has 1 amide bonds. The molecule has 5 nitrogen and oxygen atoms in total. The van der Waals surface area contributed by atoms with E-state index in [-0.39, 0.29) is 11.5 Å². The summed E-state index contributed by atoms with van der Waals surface area (Å²) in [5.41, 5.74) is 7.95. The molecule has 5 heteroatoms. The molecule has 92 valence electrons. The van der Waals surface area contributed by atoms with Gasteiger partial charge in [0.15, 0.2) is 0 Å². The number of nitrogens with one attached hydrogen (secondary N) is 2. The lowest BCUT2D eigenvalue weighted by Gasteiger charge is -2.08. The van der Waals surface area contributed by atoms with Gasteiger partial charge in [-0.3, -0.25) is 9.59 Å². The molecule has 18 heavy (non-hydrogen) atoms. The number of H-pyrrole nitrogens is 1. The van der Waals surface area contributed by atoms with Crippen LogP contribution in [0.1, 0.15) is 15.9 Å². The van der Waals surface area contributed by atoms with Gasteiger partial charge in [-0.25, -0.2) is 0 Å². The monoisotopic (exact) mass is 243 g/mol. The number of anilines is 2. The molecule has 0 unspecified atom stereocenters. The summed E-state index contributed by atoms with van der Waals surface area (Å²) in [6, 6.07) is 8.15. The van der Waals surface area contributed by atoms with Gasteiger partial charge in [0, 0.05) is 12.3 Å². The lowest BCUT2D eigenvalue weighted by atomic mass is 10.2. The van der Waals surface area contributed by atoms with Crippen LogP contribution < -0.4 is 16.6 Å². The third-order valence-corrected chi connectivity index (χ3v) is 2.50. The van der Waals surface area contributed by atoms with Crippen LogP contribution in [-0.4, -0.2) is 10.9 Å². The summed E-state index contributed by atoms with van der Waals surface area (Å²) in [5.74, 6) is -0.316. The fourth-order valence-corrected chi connectivity index (χ4v) is 1.52. The van der Waals surface area contributed by atoms with Gasteiger partial charge in [-0.15, -0.1) is 0 Å². The summed E-state index contributed by atoms with van der Waals surface area (Å²) in [6.07, 6.45) is 1.36. The molecule has 4 N–H and O–H groups in total. The third-order valence-electron chi connectivity index (χ3n) is 2.50.